The lowest BCUT2D eigenvalue weighted by molar-refractivity contribution is 0.669. The van der Waals surface area contributed by atoms with Crippen molar-refractivity contribution >= 4 is 65.4 Å². The fourth-order valence-electron chi connectivity index (χ4n) is 8.37. The Kier molecular flexibility index (Phi) is 6.28. The SMILES string of the molecule is c1ccc(-c2ccc3oc4ccccc4c3c2)c(-c2ccc(-c3c4ccccc4c(-c4cccc5c4oc4ccccc45)c4ccccc34)cc2)c1. The second kappa shape index (κ2) is 11.3. The van der Waals surface area contributed by atoms with E-state index >= 15 is 0 Å². The van der Waals surface area contributed by atoms with E-state index in [0.717, 1.165) is 49.4 Å². The van der Waals surface area contributed by atoms with Gasteiger partial charge in [0.05, 0.1) is 0 Å². The first kappa shape index (κ1) is 28.9. The third kappa shape index (κ3) is 4.31. The Balaban J connectivity index is 1.07. The molecule has 242 valence electrons. The first-order chi connectivity index (χ1) is 25.8. The van der Waals surface area contributed by atoms with Gasteiger partial charge in [0.15, 0.2) is 0 Å². The highest BCUT2D eigenvalue weighted by Crippen LogP contribution is 2.47. The van der Waals surface area contributed by atoms with Gasteiger partial charge in [-0.15, -0.1) is 0 Å². The molecule has 2 heterocycles. The highest BCUT2D eigenvalue weighted by atomic mass is 16.3. The van der Waals surface area contributed by atoms with Crippen LogP contribution in [0.25, 0.3) is 110 Å². The minimum atomic E-state index is 0.909. The fourth-order valence-corrected chi connectivity index (χ4v) is 8.37. The van der Waals surface area contributed by atoms with Crippen LogP contribution in [-0.4, -0.2) is 0 Å². The standard InChI is InChI=1S/C50H30O2/c1-2-13-35(33-28-29-47-44(30-33)37-15-8-9-22-45(37)51-47)34(12-1)31-24-26-32(27-25-31)48-38-16-3-5-18-40(38)49(41-19-6-4-17-39(41)48)43-21-11-20-42-36-14-7-10-23-46(36)52-50(42)43/h1-30H. The molecule has 0 fully saturated rings. The fraction of sp³-hybridized carbons (Fsp3) is 0. The Hall–Kier alpha value is -6.90. The molecule has 0 atom stereocenters. The Morgan fingerprint density at radius 2 is 0.692 bits per heavy atom. The second-order valence-corrected chi connectivity index (χ2v) is 13.6. The van der Waals surface area contributed by atoms with Gasteiger partial charge < -0.3 is 8.83 Å². The lowest BCUT2D eigenvalue weighted by atomic mass is 9.85. The highest BCUT2D eigenvalue weighted by Gasteiger charge is 2.20. The van der Waals surface area contributed by atoms with Crippen LogP contribution >= 0.6 is 0 Å². The van der Waals surface area contributed by atoms with Crippen molar-refractivity contribution in [2.75, 3.05) is 0 Å². The van der Waals surface area contributed by atoms with Gasteiger partial charge in [-0.05, 0) is 79.2 Å². The van der Waals surface area contributed by atoms with E-state index in [1.807, 2.05) is 18.2 Å². The minimum Gasteiger partial charge on any atom is -0.456 e. The molecule has 52 heavy (non-hydrogen) atoms. The number of para-hydroxylation sites is 3. The number of furan rings is 2. The van der Waals surface area contributed by atoms with E-state index in [1.165, 1.54) is 60.5 Å². The molecule has 0 aliphatic rings. The zero-order valence-electron chi connectivity index (χ0n) is 28.1. The summed E-state index contributed by atoms with van der Waals surface area (Å²) in [4.78, 5) is 0. The van der Waals surface area contributed by atoms with Crippen LogP contribution in [0, 0.1) is 0 Å². The van der Waals surface area contributed by atoms with E-state index in [4.69, 9.17) is 8.83 Å². The Morgan fingerprint density at radius 3 is 1.37 bits per heavy atom. The van der Waals surface area contributed by atoms with Crippen molar-refractivity contribution in [2.45, 2.75) is 0 Å². The molecule has 0 bridgehead atoms. The summed E-state index contributed by atoms with van der Waals surface area (Å²) in [5, 5.41) is 9.41. The summed E-state index contributed by atoms with van der Waals surface area (Å²) >= 11 is 0. The third-order valence-electron chi connectivity index (χ3n) is 10.7. The molecule has 0 saturated heterocycles. The van der Waals surface area contributed by atoms with E-state index < -0.39 is 0 Å². The molecule has 0 spiro atoms. The van der Waals surface area contributed by atoms with Crippen LogP contribution in [-0.2, 0) is 0 Å². The summed E-state index contributed by atoms with van der Waals surface area (Å²) in [6, 6.07) is 65.1. The van der Waals surface area contributed by atoms with Gasteiger partial charge in [-0.3, -0.25) is 0 Å². The van der Waals surface area contributed by atoms with Gasteiger partial charge in [-0.25, -0.2) is 0 Å². The van der Waals surface area contributed by atoms with Crippen molar-refractivity contribution in [2.24, 2.45) is 0 Å². The van der Waals surface area contributed by atoms with E-state index in [1.54, 1.807) is 0 Å². The van der Waals surface area contributed by atoms with Gasteiger partial charge in [0.2, 0.25) is 0 Å². The molecule has 0 N–H and O–H groups in total. The van der Waals surface area contributed by atoms with Crippen molar-refractivity contribution in [3.05, 3.63) is 182 Å². The minimum absolute atomic E-state index is 0.909. The summed E-state index contributed by atoms with van der Waals surface area (Å²) in [5.74, 6) is 0. The molecule has 0 radical (unpaired) electrons. The molecule has 2 aromatic heterocycles. The molecule has 2 heteroatoms. The molecule has 11 rings (SSSR count). The molecular formula is C50H30O2. The topological polar surface area (TPSA) is 26.3 Å². The van der Waals surface area contributed by atoms with Gasteiger partial charge in [-0.2, -0.15) is 0 Å². The summed E-state index contributed by atoms with van der Waals surface area (Å²) in [5.41, 5.74) is 13.1. The van der Waals surface area contributed by atoms with E-state index in [-0.39, 0.29) is 0 Å². The average Bonchev–Trinajstić information content (AvgIpc) is 3.78. The van der Waals surface area contributed by atoms with Crippen LogP contribution in [0.1, 0.15) is 0 Å². The van der Waals surface area contributed by atoms with Crippen LogP contribution in [0.15, 0.2) is 191 Å². The lowest BCUT2D eigenvalue weighted by Gasteiger charge is -2.18. The Labute approximate surface area is 299 Å². The summed E-state index contributed by atoms with van der Waals surface area (Å²) < 4.78 is 12.7. The van der Waals surface area contributed by atoms with Crippen molar-refractivity contribution in [3.8, 4) is 44.5 Å². The molecular weight excluding hydrogens is 633 g/mol. The van der Waals surface area contributed by atoms with Crippen LogP contribution in [0.4, 0.5) is 0 Å². The highest BCUT2D eigenvalue weighted by molar-refractivity contribution is 6.24. The summed E-state index contributed by atoms with van der Waals surface area (Å²) in [6.45, 7) is 0. The van der Waals surface area contributed by atoms with Crippen LogP contribution < -0.4 is 0 Å². The zero-order chi connectivity index (χ0) is 34.2. The first-order valence-corrected chi connectivity index (χ1v) is 17.8. The van der Waals surface area contributed by atoms with Crippen molar-refractivity contribution < 1.29 is 8.83 Å². The first-order valence-electron chi connectivity index (χ1n) is 17.8. The number of hydrogen-bond donors (Lipinski definition) is 0. The van der Waals surface area contributed by atoms with Gasteiger partial charge in [0.25, 0.3) is 0 Å². The number of rotatable bonds is 4. The normalized spacial score (nSPS) is 11.8. The number of hydrogen-bond acceptors (Lipinski definition) is 2. The molecule has 11 aromatic rings. The van der Waals surface area contributed by atoms with Gasteiger partial charge in [0, 0.05) is 32.7 Å². The average molecular weight is 663 g/mol. The zero-order valence-corrected chi connectivity index (χ0v) is 28.1. The Bertz CT molecular complexity index is 3120. The van der Waals surface area contributed by atoms with Crippen LogP contribution in [0.5, 0.6) is 0 Å². The van der Waals surface area contributed by atoms with Crippen molar-refractivity contribution in [1.29, 1.82) is 0 Å². The van der Waals surface area contributed by atoms with Crippen molar-refractivity contribution in [1.82, 2.24) is 0 Å². The Morgan fingerprint density at radius 1 is 0.250 bits per heavy atom. The third-order valence-corrected chi connectivity index (χ3v) is 10.7. The van der Waals surface area contributed by atoms with Crippen LogP contribution in [0.2, 0.25) is 0 Å². The molecule has 2 nitrogen and oxygen atoms in total. The number of benzene rings is 9. The lowest BCUT2D eigenvalue weighted by Crippen LogP contribution is -1.91. The predicted octanol–water partition coefficient (Wildman–Crippen LogP) is 14.5. The quantitative estimate of drug-likeness (QED) is 0.175. The molecule has 0 saturated carbocycles. The largest absolute Gasteiger partial charge is 0.456 e. The summed E-state index contributed by atoms with van der Waals surface area (Å²) in [6.07, 6.45) is 0. The predicted molar refractivity (Wildman–Crippen MR) is 218 cm³/mol. The maximum absolute atomic E-state index is 6.58. The maximum Gasteiger partial charge on any atom is 0.143 e. The smallest absolute Gasteiger partial charge is 0.143 e. The van der Waals surface area contributed by atoms with E-state index in [9.17, 15) is 0 Å². The monoisotopic (exact) mass is 662 g/mol. The van der Waals surface area contributed by atoms with Gasteiger partial charge >= 0.3 is 0 Å². The van der Waals surface area contributed by atoms with E-state index in [2.05, 4.69) is 164 Å². The van der Waals surface area contributed by atoms with E-state index in [0.29, 0.717) is 0 Å². The molecule has 0 unspecified atom stereocenters. The number of fused-ring (bicyclic) bond motifs is 8. The van der Waals surface area contributed by atoms with Gasteiger partial charge in [-0.1, -0.05) is 158 Å². The molecule has 9 aromatic carbocycles. The van der Waals surface area contributed by atoms with Crippen LogP contribution in [0.3, 0.4) is 0 Å². The van der Waals surface area contributed by atoms with Crippen molar-refractivity contribution in [3.63, 3.8) is 0 Å². The van der Waals surface area contributed by atoms with Gasteiger partial charge in [0.1, 0.15) is 22.3 Å². The maximum atomic E-state index is 6.58. The molecule has 0 aliphatic heterocycles. The second-order valence-electron chi connectivity index (χ2n) is 13.6. The molecule has 0 amide bonds. The molecule has 0 aliphatic carbocycles. The summed E-state index contributed by atoms with van der Waals surface area (Å²) in [7, 11) is 0.